The van der Waals surface area contributed by atoms with E-state index in [1.165, 1.54) is 17.0 Å². The summed E-state index contributed by atoms with van der Waals surface area (Å²) in [5.74, 6) is -0.911. The molecule has 2 aromatic rings. The molecule has 1 amide bonds. The molecule has 0 aliphatic carbocycles. The third-order valence-electron chi connectivity index (χ3n) is 5.28. The number of alkyl halides is 3. The molecule has 2 rings (SSSR count). The lowest BCUT2D eigenvalue weighted by Crippen LogP contribution is -2.37. The van der Waals surface area contributed by atoms with Crippen LogP contribution in [0.25, 0.3) is 0 Å². The first-order chi connectivity index (χ1) is 17.6. The van der Waals surface area contributed by atoms with Gasteiger partial charge in [-0.2, -0.15) is 13.2 Å². The van der Waals surface area contributed by atoms with Gasteiger partial charge in [-0.15, -0.1) is 0 Å². The van der Waals surface area contributed by atoms with E-state index in [9.17, 15) is 32.3 Å². The largest absolute Gasteiger partial charge is 0.492 e. The van der Waals surface area contributed by atoms with Crippen LogP contribution in [0.1, 0.15) is 38.2 Å². The zero-order valence-electron chi connectivity index (χ0n) is 20.5. The van der Waals surface area contributed by atoms with Crippen molar-refractivity contribution < 1.29 is 46.5 Å². The minimum absolute atomic E-state index is 0.0424. The second kappa shape index (κ2) is 15.0. The topological polar surface area (TPSA) is 85.3 Å². The number of hydrogen-bond acceptors (Lipinski definition) is 5. The van der Waals surface area contributed by atoms with Gasteiger partial charge in [-0.3, -0.25) is 0 Å². The Morgan fingerprint density at radius 2 is 1.59 bits per heavy atom. The summed E-state index contributed by atoms with van der Waals surface area (Å²) in [5.41, 5.74) is 0.747. The van der Waals surface area contributed by atoms with Crippen LogP contribution >= 0.6 is 0 Å². The molecule has 0 aromatic heterocycles. The molecule has 0 fully saturated rings. The molecule has 1 N–H and O–H groups in total. The molecule has 11 heteroatoms. The fraction of sp³-hybridized carbons (Fsp3) is 0.462. The Labute approximate surface area is 212 Å². The lowest BCUT2D eigenvalue weighted by molar-refractivity contribution is -0.150. The molecule has 0 spiro atoms. The van der Waals surface area contributed by atoms with Gasteiger partial charge in [-0.05, 0) is 61.7 Å². The van der Waals surface area contributed by atoms with Crippen molar-refractivity contribution in [3.8, 4) is 11.5 Å². The lowest BCUT2D eigenvalue weighted by Gasteiger charge is -2.22. The van der Waals surface area contributed by atoms with Gasteiger partial charge in [-0.1, -0.05) is 18.6 Å². The summed E-state index contributed by atoms with van der Waals surface area (Å²) < 4.78 is 66.4. The fourth-order valence-electron chi connectivity index (χ4n) is 3.40. The van der Waals surface area contributed by atoms with Crippen LogP contribution in [0.5, 0.6) is 11.5 Å². The Hall–Kier alpha value is -3.34. The van der Waals surface area contributed by atoms with E-state index in [1.54, 1.807) is 31.2 Å². The van der Waals surface area contributed by atoms with Crippen LogP contribution in [0.4, 0.5) is 22.4 Å². The summed E-state index contributed by atoms with van der Waals surface area (Å²) >= 11 is 0. The number of carboxylic acid groups (broad SMARTS) is 1. The molecule has 0 heterocycles. The molecule has 2 aromatic carbocycles. The van der Waals surface area contributed by atoms with Crippen molar-refractivity contribution in [1.29, 1.82) is 0 Å². The predicted molar refractivity (Wildman–Crippen MR) is 127 cm³/mol. The van der Waals surface area contributed by atoms with Crippen LogP contribution in [0, 0.1) is 5.82 Å². The zero-order valence-corrected chi connectivity index (χ0v) is 20.5. The maximum atomic E-state index is 13.1. The first kappa shape index (κ1) is 29.9. The number of halogens is 4. The van der Waals surface area contributed by atoms with Crippen molar-refractivity contribution in [3.05, 3.63) is 59.9 Å². The van der Waals surface area contributed by atoms with Crippen LogP contribution in [-0.4, -0.2) is 60.7 Å². The van der Waals surface area contributed by atoms with Gasteiger partial charge in [0, 0.05) is 26.0 Å². The van der Waals surface area contributed by atoms with E-state index in [0.29, 0.717) is 12.2 Å². The molecule has 0 saturated heterocycles. The molecule has 37 heavy (non-hydrogen) atoms. The van der Waals surface area contributed by atoms with Gasteiger partial charge in [0.15, 0.2) is 6.10 Å². The normalized spacial score (nSPS) is 12.1. The van der Waals surface area contributed by atoms with Gasteiger partial charge >= 0.3 is 18.2 Å². The van der Waals surface area contributed by atoms with Gasteiger partial charge < -0.3 is 24.2 Å². The smallest absolute Gasteiger partial charge is 0.415 e. The van der Waals surface area contributed by atoms with Crippen LogP contribution in [-0.2, 0) is 16.0 Å². The van der Waals surface area contributed by atoms with E-state index in [2.05, 4.69) is 0 Å². The quantitative estimate of drug-likeness (QED) is 0.230. The minimum atomic E-state index is -4.22. The highest BCUT2D eigenvalue weighted by atomic mass is 19.4. The predicted octanol–water partition coefficient (Wildman–Crippen LogP) is 5.86. The number of hydrogen-bond donors (Lipinski definition) is 1. The van der Waals surface area contributed by atoms with Crippen molar-refractivity contribution in [1.82, 2.24) is 4.90 Å². The molecular formula is C26H31F4NO6. The number of ether oxygens (including phenoxy) is 3. The number of benzene rings is 2. The van der Waals surface area contributed by atoms with E-state index in [4.69, 9.17) is 14.2 Å². The van der Waals surface area contributed by atoms with Crippen LogP contribution in [0.15, 0.2) is 48.5 Å². The van der Waals surface area contributed by atoms with Crippen molar-refractivity contribution >= 4 is 12.1 Å². The number of amides is 1. The average Bonchev–Trinajstić information content (AvgIpc) is 2.84. The number of aliphatic carboxylic acids is 1. The monoisotopic (exact) mass is 529 g/mol. The van der Waals surface area contributed by atoms with Crippen molar-refractivity contribution in [3.63, 3.8) is 0 Å². The molecule has 0 bridgehead atoms. The van der Waals surface area contributed by atoms with Gasteiger partial charge in [0.05, 0.1) is 6.54 Å². The van der Waals surface area contributed by atoms with E-state index in [1.807, 2.05) is 0 Å². The molecule has 7 nitrogen and oxygen atoms in total. The second-order valence-corrected chi connectivity index (χ2v) is 8.21. The minimum Gasteiger partial charge on any atom is -0.492 e. The van der Waals surface area contributed by atoms with E-state index >= 15 is 0 Å². The summed E-state index contributed by atoms with van der Waals surface area (Å²) in [4.78, 5) is 25.2. The molecule has 0 aliphatic heterocycles. The summed E-state index contributed by atoms with van der Waals surface area (Å²) in [6.45, 7) is 2.34. The summed E-state index contributed by atoms with van der Waals surface area (Å²) in [5, 5.41) is 9.21. The maximum absolute atomic E-state index is 13.1. The van der Waals surface area contributed by atoms with Gasteiger partial charge in [-0.25, -0.2) is 14.0 Å². The standard InChI is InChI=1S/C26H31F4NO6/c1-2-35-23(24(32)33)18-19-6-10-21(11-7-19)36-17-16-31(15-5-3-4-14-26(28,29)30)25(34)37-22-12-8-20(27)9-13-22/h6-13,23H,2-5,14-18H2,1H3,(H,32,33). The number of carboxylic acids is 1. The lowest BCUT2D eigenvalue weighted by atomic mass is 10.1. The highest BCUT2D eigenvalue weighted by Crippen LogP contribution is 2.23. The zero-order chi connectivity index (χ0) is 27.3. The van der Waals surface area contributed by atoms with E-state index in [-0.39, 0.29) is 51.3 Å². The van der Waals surface area contributed by atoms with Crippen molar-refractivity contribution in [2.75, 3.05) is 26.3 Å². The number of nitrogens with zero attached hydrogens (tertiary/aromatic N) is 1. The second-order valence-electron chi connectivity index (χ2n) is 8.21. The molecule has 0 saturated carbocycles. The number of rotatable bonds is 15. The maximum Gasteiger partial charge on any atom is 0.415 e. The summed E-state index contributed by atoms with van der Waals surface area (Å²) in [6, 6.07) is 11.6. The molecular weight excluding hydrogens is 498 g/mol. The summed E-state index contributed by atoms with van der Waals surface area (Å²) in [7, 11) is 0. The third kappa shape index (κ3) is 12.0. The number of carbonyl (C=O) groups is 2. The molecule has 204 valence electrons. The van der Waals surface area contributed by atoms with E-state index < -0.39 is 36.6 Å². The molecule has 0 aliphatic rings. The van der Waals surface area contributed by atoms with Crippen LogP contribution in [0.3, 0.4) is 0 Å². The Bertz CT molecular complexity index is 967. The van der Waals surface area contributed by atoms with Gasteiger partial charge in [0.2, 0.25) is 0 Å². The van der Waals surface area contributed by atoms with Crippen molar-refractivity contribution in [2.45, 2.75) is 51.3 Å². The average molecular weight is 530 g/mol. The molecule has 0 radical (unpaired) electrons. The van der Waals surface area contributed by atoms with Crippen LogP contribution in [0.2, 0.25) is 0 Å². The number of unbranched alkanes of at least 4 members (excludes halogenated alkanes) is 2. The summed E-state index contributed by atoms with van der Waals surface area (Å²) in [6.07, 6.45) is -6.01. The van der Waals surface area contributed by atoms with E-state index in [0.717, 1.165) is 17.7 Å². The Kier molecular flexibility index (Phi) is 12.1. The Morgan fingerprint density at radius 3 is 2.19 bits per heavy atom. The fourth-order valence-corrected chi connectivity index (χ4v) is 3.40. The number of carbonyl (C=O) groups excluding carboxylic acids is 1. The highest BCUT2D eigenvalue weighted by molar-refractivity contribution is 5.72. The Balaban J connectivity index is 1.90. The van der Waals surface area contributed by atoms with Gasteiger partial charge in [0.25, 0.3) is 0 Å². The first-order valence-electron chi connectivity index (χ1n) is 11.9. The van der Waals surface area contributed by atoms with Crippen LogP contribution < -0.4 is 9.47 Å². The van der Waals surface area contributed by atoms with Gasteiger partial charge in [0.1, 0.15) is 23.9 Å². The first-order valence-corrected chi connectivity index (χ1v) is 11.9. The highest BCUT2D eigenvalue weighted by Gasteiger charge is 2.26. The SMILES string of the molecule is CCOC(Cc1ccc(OCCN(CCCCCC(F)(F)F)C(=O)Oc2ccc(F)cc2)cc1)C(=O)O. The molecule has 1 atom stereocenters. The molecule has 1 unspecified atom stereocenters. The van der Waals surface area contributed by atoms with Crippen molar-refractivity contribution in [2.24, 2.45) is 0 Å². The third-order valence-corrected chi connectivity index (χ3v) is 5.28. The Morgan fingerprint density at radius 1 is 0.946 bits per heavy atom.